The molecule has 0 bridgehead atoms. The molecule has 0 saturated heterocycles. The van der Waals surface area contributed by atoms with Gasteiger partial charge in [0.15, 0.2) is 6.61 Å². The Morgan fingerprint density at radius 2 is 1.76 bits per heavy atom. The molecule has 2 rings (SSSR count). The van der Waals surface area contributed by atoms with Gasteiger partial charge in [0.2, 0.25) is 15.8 Å². The van der Waals surface area contributed by atoms with Gasteiger partial charge in [0.05, 0.1) is 10.5 Å². The van der Waals surface area contributed by atoms with E-state index in [4.69, 9.17) is 9.88 Å². The lowest BCUT2D eigenvalue weighted by Crippen LogP contribution is -2.18. The van der Waals surface area contributed by atoms with Gasteiger partial charge in [-0.25, -0.2) is 22.7 Å². The Morgan fingerprint density at radius 3 is 2.36 bits per heavy atom. The molecule has 0 fully saturated rings. The van der Waals surface area contributed by atoms with Crippen LogP contribution in [0.25, 0.3) is 0 Å². The largest absolute Gasteiger partial charge is 0.454 e. The summed E-state index contributed by atoms with van der Waals surface area (Å²) < 4.78 is 41.1. The first kappa shape index (κ1) is 18.8. The van der Waals surface area contributed by atoms with Crippen LogP contribution in [0.2, 0.25) is 0 Å². The van der Waals surface area contributed by atoms with Crippen LogP contribution in [-0.4, -0.2) is 26.8 Å². The average molecular weight is 365 g/mol. The first-order valence-electron chi connectivity index (χ1n) is 7.19. The Bertz CT molecular complexity index is 954. The third-order valence-corrected chi connectivity index (χ3v) is 4.41. The van der Waals surface area contributed by atoms with Crippen LogP contribution in [0.3, 0.4) is 0 Å². The van der Waals surface area contributed by atoms with Crippen LogP contribution in [0.15, 0.2) is 41.3 Å². The molecule has 0 spiro atoms. The molecular formula is C17H16FNO5S. The summed E-state index contributed by atoms with van der Waals surface area (Å²) in [6.07, 6.45) is 0. The summed E-state index contributed by atoms with van der Waals surface area (Å²) in [5.74, 6) is -2.58. The molecule has 0 aliphatic heterocycles. The van der Waals surface area contributed by atoms with Gasteiger partial charge in [0.25, 0.3) is 0 Å². The number of hydrogen-bond donors (Lipinski definition) is 1. The minimum absolute atomic E-state index is 0.386. The molecule has 0 radical (unpaired) electrons. The fourth-order valence-corrected chi connectivity index (χ4v) is 2.79. The summed E-state index contributed by atoms with van der Waals surface area (Å²) >= 11 is 0. The van der Waals surface area contributed by atoms with Gasteiger partial charge in [0, 0.05) is 5.56 Å². The van der Waals surface area contributed by atoms with Crippen LogP contribution in [0.4, 0.5) is 4.39 Å². The van der Waals surface area contributed by atoms with Crippen molar-refractivity contribution < 1.29 is 27.1 Å². The van der Waals surface area contributed by atoms with Crippen molar-refractivity contribution in [1.82, 2.24) is 0 Å². The zero-order valence-electron chi connectivity index (χ0n) is 13.6. The number of Topliss-reactive ketones (excluding diaryl/α,β-unsaturated/α-hetero) is 1. The van der Waals surface area contributed by atoms with Gasteiger partial charge in [-0.3, -0.25) is 4.79 Å². The highest BCUT2D eigenvalue weighted by molar-refractivity contribution is 7.89. The highest BCUT2D eigenvalue weighted by atomic mass is 32.2. The van der Waals surface area contributed by atoms with E-state index in [9.17, 15) is 22.4 Å². The summed E-state index contributed by atoms with van der Waals surface area (Å²) in [5.41, 5.74) is 1.48. The lowest BCUT2D eigenvalue weighted by molar-refractivity contribution is 0.0469. The summed E-state index contributed by atoms with van der Waals surface area (Å²) in [4.78, 5) is 23.7. The van der Waals surface area contributed by atoms with Crippen LogP contribution in [-0.2, 0) is 14.8 Å². The van der Waals surface area contributed by atoms with Gasteiger partial charge in [-0.15, -0.1) is 0 Å². The Labute approximate surface area is 144 Å². The average Bonchev–Trinajstić information content (AvgIpc) is 2.51. The molecule has 132 valence electrons. The van der Waals surface area contributed by atoms with E-state index in [2.05, 4.69) is 0 Å². The number of nitrogens with two attached hydrogens (primary N) is 1. The molecule has 2 aromatic carbocycles. The van der Waals surface area contributed by atoms with Crippen molar-refractivity contribution in [2.45, 2.75) is 18.7 Å². The molecule has 0 aromatic heterocycles. The van der Waals surface area contributed by atoms with Crippen molar-refractivity contribution in [2.24, 2.45) is 5.14 Å². The van der Waals surface area contributed by atoms with Crippen molar-refractivity contribution >= 4 is 21.8 Å². The number of halogens is 1. The van der Waals surface area contributed by atoms with E-state index in [1.807, 2.05) is 13.0 Å². The van der Waals surface area contributed by atoms with E-state index < -0.39 is 44.7 Å². The van der Waals surface area contributed by atoms with E-state index in [0.29, 0.717) is 5.56 Å². The van der Waals surface area contributed by atoms with E-state index in [1.165, 1.54) is 0 Å². The van der Waals surface area contributed by atoms with E-state index in [-0.39, 0.29) is 0 Å². The Hall–Kier alpha value is -2.58. The lowest BCUT2D eigenvalue weighted by atomic mass is 10.0. The molecule has 0 atom stereocenters. The van der Waals surface area contributed by atoms with Gasteiger partial charge < -0.3 is 4.74 Å². The summed E-state index contributed by atoms with van der Waals surface area (Å²) in [7, 11) is -4.10. The monoisotopic (exact) mass is 365 g/mol. The van der Waals surface area contributed by atoms with Gasteiger partial charge in [0.1, 0.15) is 5.82 Å². The summed E-state index contributed by atoms with van der Waals surface area (Å²) in [6, 6.07) is 7.67. The number of rotatable bonds is 5. The molecular weight excluding hydrogens is 349 g/mol. The SMILES string of the molecule is Cc1ccc(C(=O)COC(=O)c2cc(S(N)(=O)=O)ccc2F)c(C)c1. The van der Waals surface area contributed by atoms with Crippen molar-refractivity contribution in [3.63, 3.8) is 0 Å². The standard InChI is InChI=1S/C17H16FNO5S/c1-10-3-5-13(11(2)7-10)16(20)9-24-17(21)14-8-12(25(19,22)23)4-6-15(14)18/h3-8H,9H2,1-2H3,(H2,19,22,23). The van der Waals surface area contributed by atoms with Crippen LogP contribution >= 0.6 is 0 Å². The van der Waals surface area contributed by atoms with E-state index in [1.54, 1.807) is 19.1 Å². The van der Waals surface area contributed by atoms with Crippen molar-refractivity contribution in [2.75, 3.05) is 6.61 Å². The number of aryl methyl sites for hydroxylation is 2. The number of ether oxygens (including phenoxy) is 1. The first-order valence-corrected chi connectivity index (χ1v) is 8.74. The number of hydrogen-bond acceptors (Lipinski definition) is 5. The number of primary sulfonamides is 1. The minimum Gasteiger partial charge on any atom is -0.454 e. The molecule has 25 heavy (non-hydrogen) atoms. The predicted octanol–water partition coefficient (Wildman–Crippen LogP) is 2.13. The Morgan fingerprint density at radius 1 is 1.08 bits per heavy atom. The molecule has 8 heteroatoms. The minimum atomic E-state index is -4.10. The molecule has 0 amide bonds. The first-order chi connectivity index (χ1) is 11.6. The highest BCUT2D eigenvalue weighted by Crippen LogP contribution is 2.16. The van der Waals surface area contributed by atoms with Crippen molar-refractivity contribution in [1.29, 1.82) is 0 Å². The zero-order chi connectivity index (χ0) is 18.8. The third kappa shape index (κ3) is 4.49. The molecule has 2 aromatic rings. The second-order valence-electron chi connectivity index (χ2n) is 5.50. The Balaban J connectivity index is 2.16. The number of carbonyl (C=O) groups excluding carboxylic acids is 2. The predicted molar refractivity (Wildman–Crippen MR) is 88.3 cm³/mol. The molecule has 2 N–H and O–H groups in total. The normalized spacial score (nSPS) is 11.2. The van der Waals surface area contributed by atoms with Crippen LogP contribution in [0, 0.1) is 19.7 Å². The van der Waals surface area contributed by atoms with E-state index >= 15 is 0 Å². The smallest absolute Gasteiger partial charge is 0.341 e. The fourth-order valence-electron chi connectivity index (χ4n) is 2.25. The topological polar surface area (TPSA) is 104 Å². The van der Waals surface area contributed by atoms with Crippen LogP contribution < -0.4 is 5.14 Å². The number of ketones is 1. The van der Waals surface area contributed by atoms with E-state index in [0.717, 1.165) is 29.3 Å². The van der Waals surface area contributed by atoms with Crippen LogP contribution in [0.1, 0.15) is 31.8 Å². The van der Waals surface area contributed by atoms with Crippen LogP contribution in [0.5, 0.6) is 0 Å². The van der Waals surface area contributed by atoms with Gasteiger partial charge in [-0.05, 0) is 37.6 Å². The lowest BCUT2D eigenvalue weighted by Gasteiger charge is -2.08. The zero-order valence-corrected chi connectivity index (χ0v) is 14.4. The summed E-state index contributed by atoms with van der Waals surface area (Å²) in [6.45, 7) is 3.03. The number of benzene rings is 2. The fraction of sp³-hybridized carbons (Fsp3) is 0.176. The number of esters is 1. The molecule has 0 unspecified atom stereocenters. The highest BCUT2D eigenvalue weighted by Gasteiger charge is 2.19. The quantitative estimate of drug-likeness (QED) is 0.646. The second kappa shape index (κ2) is 7.12. The maximum Gasteiger partial charge on any atom is 0.341 e. The molecule has 0 aliphatic carbocycles. The molecule has 0 saturated carbocycles. The Kier molecular flexibility index (Phi) is 5.34. The van der Waals surface area contributed by atoms with Crippen molar-refractivity contribution in [3.8, 4) is 0 Å². The van der Waals surface area contributed by atoms with Gasteiger partial charge >= 0.3 is 5.97 Å². The second-order valence-corrected chi connectivity index (χ2v) is 7.07. The number of sulfonamides is 1. The maximum absolute atomic E-state index is 13.7. The maximum atomic E-state index is 13.7. The molecule has 6 nitrogen and oxygen atoms in total. The van der Waals surface area contributed by atoms with Gasteiger partial charge in [-0.1, -0.05) is 23.8 Å². The molecule has 0 heterocycles. The van der Waals surface area contributed by atoms with Crippen molar-refractivity contribution in [3.05, 3.63) is 64.5 Å². The number of carbonyl (C=O) groups is 2. The van der Waals surface area contributed by atoms with Gasteiger partial charge in [-0.2, -0.15) is 0 Å². The third-order valence-electron chi connectivity index (χ3n) is 3.50. The molecule has 0 aliphatic rings. The summed E-state index contributed by atoms with van der Waals surface area (Å²) in [5, 5.41) is 4.95.